The van der Waals surface area contributed by atoms with Crippen LogP contribution < -0.4 is 26.1 Å². The van der Waals surface area contributed by atoms with Gasteiger partial charge in [0.15, 0.2) is 0 Å². The molecule has 37 heavy (non-hydrogen) atoms. The average Bonchev–Trinajstić information content (AvgIpc) is 2.87. The lowest BCUT2D eigenvalue weighted by atomic mass is 10.0. The van der Waals surface area contributed by atoms with Gasteiger partial charge in [-0.15, -0.1) is 0 Å². The zero-order chi connectivity index (χ0) is 26.4. The van der Waals surface area contributed by atoms with Gasteiger partial charge in [-0.2, -0.15) is 0 Å². The zero-order valence-corrected chi connectivity index (χ0v) is 21.0. The molecule has 3 aromatic carbocycles. The maximum absolute atomic E-state index is 11.6. The van der Waals surface area contributed by atoms with Gasteiger partial charge < -0.3 is 35.7 Å². The van der Waals surface area contributed by atoms with Crippen molar-refractivity contribution in [2.45, 2.75) is 31.9 Å². The number of hydrogen-bond acceptors (Lipinski definition) is 7. The second kappa shape index (κ2) is 11.5. The zero-order valence-electron chi connectivity index (χ0n) is 21.0. The summed E-state index contributed by atoms with van der Waals surface area (Å²) in [7, 11) is 0. The predicted molar refractivity (Wildman–Crippen MR) is 144 cm³/mol. The Morgan fingerprint density at radius 2 is 1.59 bits per heavy atom. The molecule has 0 radical (unpaired) electrons. The van der Waals surface area contributed by atoms with Crippen LogP contribution in [0.1, 0.15) is 31.1 Å². The second-order valence-corrected chi connectivity index (χ2v) is 9.75. The first-order valence-electron chi connectivity index (χ1n) is 12.2. The number of phenols is 1. The van der Waals surface area contributed by atoms with Gasteiger partial charge in [-0.3, -0.25) is 4.79 Å². The summed E-state index contributed by atoms with van der Waals surface area (Å²) in [5.74, 6) is 2.17. The molecule has 0 aliphatic heterocycles. The molecule has 0 aliphatic carbocycles. The first-order chi connectivity index (χ1) is 17.7. The molecule has 8 nitrogen and oxygen atoms in total. The summed E-state index contributed by atoms with van der Waals surface area (Å²) >= 11 is 0. The monoisotopic (exact) mass is 503 g/mol. The number of nitrogens with one attached hydrogen (secondary N) is 2. The van der Waals surface area contributed by atoms with Crippen LogP contribution in [0.3, 0.4) is 0 Å². The number of phenolic OH excluding ortho intramolecular Hbond substituents is 1. The Morgan fingerprint density at radius 3 is 2.27 bits per heavy atom. The van der Waals surface area contributed by atoms with Gasteiger partial charge in [0.2, 0.25) is 5.56 Å². The van der Waals surface area contributed by atoms with E-state index in [0.717, 1.165) is 23.5 Å². The van der Waals surface area contributed by atoms with Crippen molar-refractivity contribution in [3.63, 3.8) is 0 Å². The third-order valence-corrected chi connectivity index (χ3v) is 5.79. The van der Waals surface area contributed by atoms with Crippen LogP contribution in [0.15, 0.2) is 77.6 Å². The van der Waals surface area contributed by atoms with Crippen LogP contribution in [0.5, 0.6) is 23.0 Å². The highest BCUT2D eigenvalue weighted by molar-refractivity contribution is 5.87. The number of aliphatic hydroxyl groups is 1. The maximum Gasteiger partial charge on any atom is 0.248 e. The number of ether oxygens (including phenoxy) is 2. The molecule has 8 heteroatoms. The van der Waals surface area contributed by atoms with Crippen LogP contribution in [0.25, 0.3) is 10.9 Å². The van der Waals surface area contributed by atoms with Crippen LogP contribution in [-0.2, 0) is 6.42 Å². The molecule has 4 aromatic rings. The smallest absolute Gasteiger partial charge is 0.248 e. The molecule has 1 aromatic heterocycles. The molecule has 4 rings (SSSR count). The topological polar surface area (TPSA) is 130 Å². The molecule has 0 fully saturated rings. The van der Waals surface area contributed by atoms with Gasteiger partial charge in [0.05, 0.1) is 11.6 Å². The number of fused-ring (bicyclic) bond motifs is 1. The van der Waals surface area contributed by atoms with Crippen molar-refractivity contribution in [1.82, 2.24) is 10.3 Å². The number of rotatable bonds is 11. The minimum Gasteiger partial charge on any atom is -0.506 e. The normalized spacial score (nSPS) is 12.4. The lowest BCUT2D eigenvalue weighted by Gasteiger charge is -2.19. The molecule has 0 aliphatic rings. The number of nitrogens with two attached hydrogens (primary N) is 1. The molecule has 0 amide bonds. The second-order valence-electron chi connectivity index (χ2n) is 9.75. The van der Waals surface area contributed by atoms with Crippen molar-refractivity contribution in [2.24, 2.45) is 5.73 Å². The number of H-pyrrole nitrogens is 1. The predicted octanol–water partition coefficient (Wildman–Crippen LogP) is 4.01. The van der Waals surface area contributed by atoms with Crippen molar-refractivity contribution >= 4 is 10.9 Å². The van der Waals surface area contributed by atoms with Crippen molar-refractivity contribution in [3.05, 3.63) is 94.3 Å². The van der Waals surface area contributed by atoms with Crippen LogP contribution in [-0.4, -0.2) is 40.4 Å². The minimum atomic E-state index is -0.789. The number of aromatic nitrogens is 1. The third kappa shape index (κ3) is 7.33. The van der Waals surface area contributed by atoms with Crippen LogP contribution in [0.4, 0.5) is 0 Å². The average molecular weight is 504 g/mol. The summed E-state index contributed by atoms with van der Waals surface area (Å²) in [6, 6.07) is 21.4. The van der Waals surface area contributed by atoms with E-state index in [1.165, 1.54) is 12.1 Å². The van der Waals surface area contributed by atoms with Gasteiger partial charge in [-0.1, -0.05) is 18.2 Å². The maximum atomic E-state index is 11.6. The molecule has 0 spiro atoms. The van der Waals surface area contributed by atoms with E-state index in [1.807, 2.05) is 62.4 Å². The molecule has 1 atom stereocenters. The molecular formula is C29H33N3O5. The number of aliphatic hydroxyl groups excluding tert-OH is 1. The quantitative estimate of drug-likeness (QED) is 0.196. The van der Waals surface area contributed by atoms with E-state index in [2.05, 4.69) is 10.3 Å². The van der Waals surface area contributed by atoms with Crippen molar-refractivity contribution in [2.75, 3.05) is 19.7 Å². The number of hydrogen-bond donors (Lipinski definition) is 5. The first kappa shape index (κ1) is 26.2. The summed E-state index contributed by atoms with van der Waals surface area (Å²) in [4.78, 5) is 14.2. The van der Waals surface area contributed by atoms with Crippen LogP contribution in [0.2, 0.25) is 0 Å². The standard InChI is InChI=1S/C29H33N3O5/c1-29(2,30)18-36-20-7-9-22(10-8-20)37-21-5-3-19(4-6-21)15-16-31-17-26(34)23-11-13-25(33)28-24(23)12-14-27(35)32-28/h3-14,26,31,33-34H,15-18,30H2,1-2H3,(H,32,35). The van der Waals surface area contributed by atoms with Crippen LogP contribution in [0, 0.1) is 0 Å². The Balaban J connectivity index is 1.25. The van der Waals surface area contributed by atoms with Gasteiger partial charge in [-0.25, -0.2) is 0 Å². The van der Waals surface area contributed by atoms with Crippen molar-refractivity contribution < 1.29 is 19.7 Å². The van der Waals surface area contributed by atoms with E-state index >= 15 is 0 Å². The van der Waals surface area contributed by atoms with E-state index in [1.54, 1.807) is 12.1 Å². The molecule has 1 unspecified atom stereocenters. The summed E-state index contributed by atoms with van der Waals surface area (Å²) in [5, 5.41) is 24.6. The Kier molecular flexibility index (Phi) is 8.13. The van der Waals surface area contributed by atoms with Crippen molar-refractivity contribution in [3.8, 4) is 23.0 Å². The Hall–Kier alpha value is -3.85. The lowest BCUT2D eigenvalue weighted by molar-refractivity contribution is 0.176. The largest absolute Gasteiger partial charge is 0.506 e. The molecule has 194 valence electrons. The highest BCUT2D eigenvalue weighted by atomic mass is 16.5. The van der Waals surface area contributed by atoms with Gasteiger partial charge in [-0.05, 0) is 86.5 Å². The van der Waals surface area contributed by atoms with Gasteiger partial charge in [0, 0.05) is 23.5 Å². The van der Waals surface area contributed by atoms with Gasteiger partial charge in [0.25, 0.3) is 0 Å². The Bertz CT molecular complexity index is 1380. The van der Waals surface area contributed by atoms with E-state index in [9.17, 15) is 15.0 Å². The molecular weight excluding hydrogens is 470 g/mol. The highest BCUT2D eigenvalue weighted by Gasteiger charge is 2.14. The summed E-state index contributed by atoms with van der Waals surface area (Å²) < 4.78 is 11.6. The molecule has 0 saturated heterocycles. The summed E-state index contributed by atoms with van der Waals surface area (Å²) in [5.41, 5.74) is 7.35. The SMILES string of the molecule is CC(C)(N)COc1ccc(Oc2ccc(CCNCC(O)c3ccc(O)c4[nH]c(=O)ccc34)cc2)cc1. The number of pyridine rings is 1. The van der Waals surface area contributed by atoms with E-state index in [0.29, 0.717) is 41.9 Å². The fourth-order valence-electron chi connectivity index (χ4n) is 3.86. The fraction of sp³-hybridized carbons (Fsp3) is 0.276. The van der Waals surface area contributed by atoms with E-state index in [-0.39, 0.29) is 11.3 Å². The molecule has 1 heterocycles. The molecule has 6 N–H and O–H groups in total. The number of aromatic amines is 1. The Labute approximate surface area is 215 Å². The summed E-state index contributed by atoms with van der Waals surface area (Å²) in [6.45, 7) is 5.27. The lowest BCUT2D eigenvalue weighted by Crippen LogP contribution is -2.38. The summed E-state index contributed by atoms with van der Waals surface area (Å²) in [6.07, 6.45) is -0.0106. The third-order valence-electron chi connectivity index (χ3n) is 5.79. The number of benzene rings is 3. The molecule has 0 saturated carbocycles. The van der Waals surface area contributed by atoms with E-state index < -0.39 is 11.6 Å². The Morgan fingerprint density at radius 1 is 0.946 bits per heavy atom. The van der Waals surface area contributed by atoms with Crippen molar-refractivity contribution in [1.29, 1.82) is 0 Å². The first-order valence-corrected chi connectivity index (χ1v) is 12.2. The number of aromatic hydroxyl groups is 1. The minimum absolute atomic E-state index is 0.0262. The van der Waals surface area contributed by atoms with Crippen LogP contribution >= 0.6 is 0 Å². The molecule has 0 bridgehead atoms. The highest BCUT2D eigenvalue weighted by Crippen LogP contribution is 2.28. The van der Waals surface area contributed by atoms with E-state index in [4.69, 9.17) is 15.2 Å². The van der Waals surface area contributed by atoms with Gasteiger partial charge >= 0.3 is 0 Å². The van der Waals surface area contributed by atoms with Gasteiger partial charge in [0.1, 0.15) is 29.6 Å². The fourth-order valence-corrected chi connectivity index (χ4v) is 3.86.